The molecular formula is C13H18FNOS. The summed E-state index contributed by atoms with van der Waals surface area (Å²) < 4.78 is 14.0. The number of hydrogen-bond acceptors (Lipinski definition) is 3. The lowest BCUT2D eigenvalue weighted by molar-refractivity contribution is 0.199. The lowest BCUT2D eigenvalue weighted by atomic mass is 10.1. The fourth-order valence-corrected chi connectivity index (χ4v) is 3.24. The summed E-state index contributed by atoms with van der Waals surface area (Å²) in [6.45, 7) is 5.51. The van der Waals surface area contributed by atoms with E-state index in [1.165, 1.54) is 6.07 Å². The van der Waals surface area contributed by atoms with Crippen molar-refractivity contribution in [3.05, 3.63) is 29.6 Å². The SMILES string of the molecule is CC1CN(c2c(F)cccc2[C@H](C)O)CCS1. The van der Waals surface area contributed by atoms with Gasteiger partial charge in [0.25, 0.3) is 0 Å². The van der Waals surface area contributed by atoms with Gasteiger partial charge in [-0.05, 0) is 13.0 Å². The van der Waals surface area contributed by atoms with E-state index in [0.717, 1.165) is 18.8 Å². The van der Waals surface area contributed by atoms with Crippen LogP contribution in [0.25, 0.3) is 0 Å². The number of aliphatic hydroxyl groups excluding tert-OH is 1. The highest BCUT2D eigenvalue weighted by Gasteiger charge is 2.23. The van der Waals surface area contributed by atoms with E-state index in [1.807, 2.05) is 11.8 Å². The summed E-state index contributed by atoms with van der Waals surface area (Å²) in [5.74, 6) is 0.775. The Hall–Kier alpha value is -0.740. The lowest BCUT2D eigenvalue weighted by Crippen LogP contribution is -2.37. The fraction of sp³-hybridized carbons (Fsp3) is 0.538. The molecular weight excluding hydrogens is 237 g/mol. The molecule has 1 unspecified atom stereocenters. The van der Waals surface area contributed by atoms with Gasteiger partial charge < -0.3 is 10.0 Å². The van der Waals surface area contributed by atoms with E-state index < -0.39 is 6.10 Å². The number of benzene rings is 1. The third-order valence-electron chi connectivity index (χ3n) is 3.03. The van der Waals surface area contributed by atoms with Gasteiger partial charge in [0.05, 0.1) is 11.8 Å². The average molecular weight is 255 g/mol. The van der Waals surface area contributed by atoms with Crippen LogP contribution in [-0.2, 0) is 0 Å². The maximum Gasteiger partial charge on any atom is 0.146 e. The van der Waals surface area contributed by atoms with E-state index >= 15 is 0 Å². The minimum absolute atomic E-state index is 0.234. The summed E-state index contributed by atoms with van der Waals surface area (Å²) in [4.78, 5) is 2.05. The zero-order valence-electron chi connectivity index (χ0n) is 10.2. The minimum atomic E-state index is -0.634. The Bertz CT molecular complexity index is 397. The summed E-state index contributed by atoms with van der Waals surface area (Å²) in [7, 11) is 0. The Morgan fingerprint density at radius 3 is 2.94 bits per heavy atom. The number of anilines is 1. The summed E-state index contributed by atoms with van der Waals surface area (Å²) in [5.41, 5.74) is 1.26. The Kier molecular flexibility index (Phi) is 3.94. The number of para-hydroxylation sites is 1. The smallest absolute Gasteiger partial charge is 0.146 e. The first-order valence-electron chi connectivity index (χ1n) is 5.92. The second-order valence-corrected chi connectivity index (χ2v) is 6.03. The van der Waals surface area contributed by atoms with Gasteiger partial charge in [0.2, 0.25) is 0 Å². The lowest BCUT2D eigenvalue weighted by Gasteiger charge is -2.34. The molecule has 0 spiro atoms. The van der Waals surface area contributed by atoms with Crippen LogP contribution in [-0.4, -0.2) is 29.2 Å². The van der Waals surface area contributed by atoms with Gasteiger partial charge in [-0.3, -0.25) is 0 Å². The first-order valence-corrected chi connectivity index (χ1v) is 6.97. The molecule has 0 bridgehead atoms. The molecule has 2 nitrogen and oxygen atoms in total. The van der Waals surface area contributed by atoms with Crippen molar-refractivity contribution in [2.45, 2.75) is 25.2 Å². The van der Waals surface area contributed by atoms with Crippen LogP contribution in [0.15, 0.2) is 18.2 Å². The van der Waals surface area contributed by atoms with Crippen LogP contribution in [0.2, 0.25) is 0 Å². The molecule has 4 heteroatoms. The molecule has 94 valence electrons. The van der Waals surface area contributed by atoms with Crippen molar-refractivity contribution in [2.75, 3.05) is 23.7 Å². The topological polar surface area (TPSA) is 23.5 Å². The number of thioether (sulfide) groups is 1. The monoisotopic (exact) mass is 255 g/mol. The number of nitrogens with zero attached hydrogens (tertiary/aromatic N) is 1. The normalized spacial score (nSPS) is 22.6. The summed E-state index contributed by atoms with van der Waals surface area (Å²) >= 11 is 1.91. The van der Waals surface area contributed by atoms with E-state index in [-0.39, 0.29) is 5.82 Å². The van der Waals surface area contributed by atoms with Crippen LogP contribution < -0.4 is 4.90 Å². The molecule has 1 aromatic rings. The standard InChI is InChI=1S/C13H18FNOS/c1-9-8-15(6-7-17-9)13-11(10(2)16)4-3-5-12(13)14/h3-5,9-10,16H,6-8H2,1-2H3/t9?,10-/m0/s1. The van der Waals surface area contributed by atoms with Crippen LogP contribution in [0.3, 0.4) is 0 Å². The molecule has 0 amide bonds. The van der Waals surface area contributed by atoms with Gasteiger partial charge in [-0.2, -0.15) is 11.8 Å². The van der Waals surface area contributed by atoms with Crippen molar-refractivity contribution in [3.63, 3.8) is 0 Å². The van der Waals surface area contributed by atoms with E-state index in [2.05, 4.69) is 11.8 Å². The van der Waals surface area contributed by atoms with Crippen LogP contribution >= 0.6 is 11.8 Å². The Labute approximate surface area is 106 Å². The summed E-state index contributed by atoms with van der Waals surface area (Å²) in [6.07, 6.45) is -0.634. The van der Waals surface area contributed by atoms with Crippen molar-refractivity contribution in [2.24, 2.45) is 0 Å². The average Bonchev–Trinajstić information content (AvgIpc) is 2.28. The van der Waals surface area contributed by atoms with Crippen LogP contribution in [0.5, 0.6) is 0 Å². The van der Waals surface area contributed by atoms with Gasteiger partial charge in [0.1, 0.15) is 5.82 Å². The van der Waals surface area contributed by atoms with Crippen molar-refractivity contribution in [3.8, 4) is 0 Å². The van der Waals surface area contributed by atoms with E-state index in [1.54, 1.807) is 19.1 Å². The van der Waals surface area contributed by atoms with Crippen molar-refractivity contribution >= 4 is 17.4 Å². The molecule has 0 saturated carbocycles. The van der Waals surface area contributed by atoms with E-state index in [4.69, 9.17) is 0 Å². The predicted octanol–water partition coefficient (Wildman–Crippen LogP) is 2.82. The second kappa shape index (κ2) is 5.27. The van der Waals surface area contributed by atoms with Crippen molar-refractivity contribution < 1.29 is 9.50 Å². The minimum Gasteiger partial charge on any atom is -0.389 e. The summed E-state index contributed by atoms with van der Waals surface area (Å²) in [5, 5.41) is 10.2. The molecule has 1 aliphatic heterocycles. The highest BCUT2D eigenvalue weighted by Crippen LogP contribution is 2.32. The number of hydrogen-bond donors (Lipinski definition) is 1. The molecule has 2 atom stereocenters. The maximum absolute atomic E-state index is 14.0. The second-order valence-electron chi connectivity index (χ2n) is 4.48. The largest absolute Gasteiger partial charge is 0.389 e. The molecule has 0 radical (unpaired) electrons. The fourth-order valence-electron chi connectivity index (χ4n) is 2.22. The molecule has 17 heavy (non-hydrogen) atoms. The van der Waals surface area contributed by atoms with Crippen molar-refractivity contribution in [1.82, 2.24) is 0 Å². The first-order chi connectivity index (χ1) is 8.09. The molecule has 1 aromatic carbocycles. The quantitative estimate of drug-likeness (QED) is 0.879. The van der Waals surface area contributed by atoms with Crippen molar-refractivity contribution in [1.29, 1.82) is 0 Å². The third kappa shape index (κ3) is 2.75. The van der Waals surface area contributed by atoms with Crippen LogP contribution in [0.4, 0.5) is 10.1 Å². The molecule has 0 aromatic heterocycles. The van der Waals surface area contributed by atoms with Gasteiger partial charge in [-0.25, -0.2) is 4.39 Å². The first kappa shape index (κ1) is 12.7. The predicted molar refractivity (Wildman–Crippen MR) is 71.2 cm³/mol. The number of aliphatic hydroxyl groups is 1. The Morgan fingerprint density at radius 2 is 2.29 bits per heavy atom. The Balaban J connectivity index is 2.35. The van der Waals surface area contributed by atoms with Gasteiger partial charge in [0, 0.05) is 29.7 Å². The number of rotatable bonds is 2. The van der Waals surface area contributed by atoms with E-state index in [9.17, 15) is 9.50 Å². The highest BCUT2D eigenvalue weighted by atomic mass is 32.2. The molecule has 1 fully saturated rings. The zero-order chi connectivity index (χ0) is 12.4. The molecule has 2 rings (SSSR count). The molecule has 1 aliphatic rings. The van der Waals surface area contributed by atoms with Gasteiger partial charge >= 0.3 is 0 Å². The molecule has 0 aliphatic carbocycles. The van der Waals surface area contributed by atoms with Gasteiger partial charge in [0.15, 0.2) is 0 Å². The van der Waals surface area contributed by atoms with Gasteiger partial charge in [-0.1, -0.05) is 19.1 Å². The Morgan fingerprint density at radius 1 is 1.53 bits per heavy atom. The molecule has 1 heterocycles. The number of halogens is 1. The third-order valence-corrected chi connectivity index (χ3v) is 4.16. The molecule has 1 N–H and O–H groups in total. The zero-order valence-corrected chi connectivity index (χ0v) is 11.0. The highest BCUT2D eigenvalue weighted by molar-refractivity contribution is 8.00. The van der Waals surface area contributed by atoms with Crippen LogP contribution in [0, 0.1) is 5.82 Å². The summed E-state index contributed by atoms with van der Waals surface area (Å²) in [6, 6.07) is 4.92. The van der Waals surface area contributed by atoms with E-state index in [0.29, 0.717) is 16.5 Å². The van der Waals surface area contributed by atoms with Gasteiger partial charge in [-0.15, -0.1) is 0 Å². The van der Waals surface area contributed by atoms with Crippen LogP contribution in [0.1, 0.15) is 25.5 Å². The molecule has 1 saturated heterocycles. The maximum atomic E-state index is 14.0.